The van der Waals surface area contributed by atoms with Crippen LogP contribution in [0.5, 0.6) is 5.75 Å². The van der Waals surface area contributed by atoms with Gasteiger partial charge in [0.1, 0.15) is 11.6 Å². The lowest BCUT2D eigenvalue weighted by Gasteiger charge is -2.19. The number of benzene rings is 2. The van der Waals surface area contributed by atoms with Crippen LogP contribution in [-0.4, -0.2) is 27.0 Å². The first-order valence-corrected chi connectivity index (χ1v) is 10.4. The fourth-order valence-corrected chi connectivity index (χ4v) is 3.92. The second-order valence-corrected chi connectivity index (χ2v) is 8.20. The van der Waals surface area contributed by atoms with Crippen molar-refractivity contribution in [2.75, 3.05) is 6.61 Å². The quantitative estimate of drug-likeness (QED) is 0.703. The van der Waals surface area contributed by atoms with E-state index in [-0.39, 0.29) is 10.7 Å². The zero-order valence-corrected chi connectivity index (χ0v) is 17.1. The van der Waals surface area contributed by atoms with Gasteiger partial charge >= 0.3 is 0 Å². The van der Waals surface area contributed by atoms with E-state index in [1.807, 2.05) is 6.92 Å². The summed E-state index contributed by atoms with van der Waals surface area (Å²) in [6.07, 6.45) is 0. The zero-order valence-electron chi connectivity index (χ0n) is 16.3. The first-order valence-electron chi connectivity index (χ1n) is 8.95. The van der Waals surface area contributed by atoms with Gasteiger partial charge in [0.05, 0.1) is 23.6 Å². The molecule has 6 nitrogen and oxygen atoms in total. The summed E-state index contributed by atoms with van der Waals surface area (Å²) in [5.74, 6) is -0.238. The average Bonchev–Trinajstić information content (AvgIpc) is 2.63. The Labute approximate surface area is 165 Å². The Morgan fingerprint density at radius 2 is 1.79 bits per heavy atom. The van der Waals surface area contributed by atoms with Crippen LogP contribution in [0, 0.1) is 12.7 Å². The van der Waals surface area contributed by atoms with Crippen molar-refractivity contribution in [1.29, 1.82) is 0 Å². The molecule has 2 aromatic carbocycles. The van der Waals surface area contributed by atoms with Crippen molar-refractivity contribution < 1.29 is 22.3 Å². The van der Waals surface area contributed by atoms with Crippen molar-refractivity contribution in [3.8, 4) is 5.75 Å². The summed E-state index contributed by atoms with van der Waals surface area (Å²) < 4.78 is 46.0. The predicted octanol–water partition coefficient (Wildman–Crippen LogP) is 3.08. The Morgan fingerprint density at radius 1 is 1.14 bits per heavy atom. The van der Waals surface area contributed by atoms with Crippen LogP contribution < -0.4 is 14.8 Å². The minimum absolute atomic E-state index is 0.0553. The van der Waals surface area contributed by atoms with Gasteiger partial charge in [0.15, 0.2) is 0 Å². The number of nitrogens with one attached hydrogen (secondary N) is 2. The molecule has 0 aliphatic rings. The van der Waals surface area contributed by atoms with E-state index in [4.69, 9.17) is 4.74 Å². The van der Waals surface area contributed by atoms with Gasteiger partial charge in [-0.25, -0.2) is 12.8 Å². The summed E-state index contributed by atoms with van der Waals surface area (Å²) in [6.45, 7) is 7.28. The van der Waals surface area contributed by atoms with E-state index in [0.29, 0.717) is 23.5 Å². The molecule has 2 N–H and O–H groups in total. The first-order chi connectivity index (χ1) is 13.1. The number of ether oxygens (including phenoxy) is 1. The molecule has 0 heterocycles. The number of aryl methyl sites for hydroxylation is 1. The van der Waals surface area contributed by atoms with Crippen molar-refractivity contribution in [2.45, 2.75) is 44.7 Å². The molecule has 0 aromatic heterocycles. The van der Waals surface area contributed by atoms with Crippen LogP contribution >= 0.6 is 0 Å². The normalized spacial score (nSPS) is 13.6. The third-order valence-electron chi connectivity index (χ3n) is 4.21. The number of halogens is 1. The van der Waals surface area contributed by atoms with Crippen molar-refractivity contribution in [1.82, 2.24) is 10.0 Å². The Bertz CT molecular complexity index is 930. The molecule has 0 saturated carbocycles. The lowest BCUT2D eigenvalue weighted by molar-refractivity contribution is -0.123. The molecule has 0 radical (unpaired) electrons. The van der Waals surface area contributed by atoms with E-state index in [1.54, 1.807) is 32.0 Å². The van der Waals surface area contributed by atoms with Gasteiger partial charge in [0.25, 0.3) is 0 Å². The molecule has 0 saturated heterocycles. The number of hydrogen-bond acceptors (Lipinski definition) is 4. The first kappa shape index (κ1) is 21.8. The maximum Gasteiger partial charge on any atom is 0.241 e. The van der Waals surface area contributed by atoms with Gasteiger partial charge < -0.3 is 10.1 Å². The second kappa shape index (κ2) is 9.16. The highest BCUT2D eigenvalue weighted by molar-refractivity contribution is 7.89. The maximum atomic E-state index is 13.0. The van der Waals surface area contributed by atoms with Gasteiger partial charge in [-0.3, -0.25) is 4.79 Å². The summed E-state index contributed by atoms with van der Waals surface area (Å²) in [6, 6.07) is 8.89. The van der Waals surface area contributed by atoms with E-state index >= 15 is 0 Å². The minimum atomic E-state index is -3.88. The Morgan fingerprint density at radius 3 is 2.36 bits per heavy atom. The topological polar surface area (TPSA) is 84.5 Å². The molecule has 2 aromatic rings. The highest BCUT2D eigenvalue weighted by Gasteiger charge is 2.23. The number of carbonyl (C=O) groups is 1. The van der Waals surface area contributed by atoms with Gasteiger partial charge in [0.2, 0.25) is 15.9 Å². The van der Waals surface area contributed by atoms with Crippen molar-refractivity contribution in [2.24, 2.45) is 0 Å². The largest absolute Gasteiger partial charge is 0.494 e. The predicted molar refractivity (Wildman–Crippen MR) is 105 cm³/mol. The molecule has 0 fully saturated rings. The average molecular weight is 408 g/mol. The van der Waals surface area contributed by atoms with Gasteiger partial charge in [0, 0.05) is 0 Å². The van der Waals surface area contributed by atoms with E-state index in [9.17, 15) is 17.6 Å². The van der Waals surface area contributed by atoms with E-state index in [1.165, 1.54) is 31.2 Å². The van der Waals surface area contributed by atoms with Crippen molar-refractivity contribution >= 4 is 15.9 Å². The van der Waals surface area contributed by atoms with Crippen LogP contribution in [0.2, 0.25) is 0 Å². The molecule has 0 unspecified atom stereocenters. The SMILES string of the molecule is CCOc1ccc(S(=O)(=O)N[C@@H](C)C(=O)N[C@@H](C)c2ccc(F)cc2)cc1C. The molecule has 0 aliphatic heterocycles. The third-order valence-corrected chi connectivity index (χ3v) is 5.75. The maximum absolute atomic E-state index is 13.0. The summed E-state index contributed by atoms with van der Waals surface area (Å²) in [5, 5.41) is 2.72. The standard InChI is InChI=1S/C20H25FN2O4S/c1-5-27-19-11-10-18(12-13(19)2)28(25,26)23-15(4)20(24)22-14(3)16-6-8-17(21)9-7-16/h6-12,14-15,23H,5H2,1-4H3,(H,22,24)/t14-,15-/m0/s1. The zero-order chi connectivity index (χ0) is 20.9. The molecule has 2 rings (SSSR count). The molecular formula is C20H25FN2O4S. The lowest BCUT2D eigenvalue weighted by atomic mass is 10.1. The lowest BCUT2D eigenvalue weighted by Crippen LogP contribution is -2.45. The van der Waals surface area contributed by atoms with E-state index in [0.717, 1.165) is 0 Å². The van der Waals surface area contributed by atoms with Gasteiger partial charge in [-0.1, -0.05) is 12.1 Å². The Kier molecular flexibility index (Phi) is 7.15. The van der Waals surface area contributed by atoms with Crippen LogP contribution in [0.15, 0.2) is 47.4 Å². The van der Waals surface area contributed by atoms with Crippen LogP contribution in [0.3, 0.4) is 0 Å². The van der Waals surface area contributed by atoms with Crippen LogP contribution in [0.25, 0.3) is 0 Å². The summed E-state index contributed by atoms with van der Waals surface area (Å²) in [5.41, 5.74) is 1.40. The molecule has 0 aliphatic carbocycles. The van der Waals surface area contributed by atoms with E-state index in [2.05, 4.69) is 10.0 Å². The van der Waals surface area contributed by atoms with E-state index < -0.39 is 28.0 Å². The Balaban J connectivity index is 2.05. The van der Waals surface area contributed by atoms with Crippen LogP contribution in [-0.2, 0) is 14.8 Å². The molecule has 28 heavy (non-hydrogen) atoms. The fraction of sp³-hybridized carbons (Fsp3) is 0.350. The van der Waals surface area contributed by atoms with Crippen LogP contribution in [0.1, 0.15) is 37.9 Å². The second-order valence-electron chi connectivity index (χ2n) is 6.49. The smallest absolute Gasteiger partial charge is 0.241 e. The summed E-state index contributed by atoms with van der Waals surface area (Å²) in [4.78, 5) is 12.4. The van der Waals surface area contributed by atoms with Crippen LogP contribution in [0.4, 0.5) is 4.39 Å². The van der Waals surface area contributed by atoms with Crippen molar-refractivity contribution in [3.63, 3.8) is 0 Å². The van der Waals surface area contributed by atoms with Crippen molar-refractivity contribution in [3.05, 3.63) is 59.4 Å². The number of carbonyl (C=O) groups excluding carboxylic acids is 1. The highest BCUT2D eigenvalue weighted by Crippen LogP contribution is 2.22. The molecular weight excluding hydrogens is 383 g/mol. The summed E-state index contributed by atoms with van der Waals surface area (Å²) >= 11 is 0. The fourth-order valence-electron chi connectivity index (χ4n) is 2.63. The molecule has 8 heteroatoms. The molecule has 152 valence electrons. The van der Waals surface area contributed by atoms with Gasteiger partial charge in [-0.05, 0) is 69.2 Å². The van der Waals surface area contributed by atoms with Gasteiger partial charge in [-0.2, -0.15) is 4.72 Å². The molecule has 0 bridgehead atoms. The monoisotopic (exact) mass is 408 g/mol. The summed E-state index contributed by atoms with van der Waals surface area (Å²) in [7, 11) is -3.88. The van der Waals surface area contributed by atoms with Gasteiger partial charge in [-0.15, -0.1) is 0 Å². The minimum Gasteiger partial charge on any atom is -0.494 e. The number of sulfonamides is 1. The number of amides is 1. The molecule has 0 spiro atoms. The third kappa shape index (κ3) is 5.53. The number of rotatable bonds is 8. The molecule has 2 atom stereocenters. The molecule has 1 amide bonds. The highest BCUT2D eigenvalue weighted by atomic mass is 32.2. The Hall–Kier alpha value is -2.45. The number of hydrogen-bond donors (Lipinski definition) is 2.